The van der Waals surface area contributed by atoms with E-state index in [1.807, 2.05) is 6.92 Å². The largest absolute Gasteiger partial charge is 0.396 e. The third kappa shape index (κ3) is 1.76. The number of halogens is 2. The first-order chi connectivity index (χ1) is 7.61. The fourth-order valence-corrected chi connectivity index (χ4v) is 1.46. The normalized spacial score (nSPS) is 10.7. The number of aromatic nitrogens is 2. The van der Waals surface area contributed by atoms with E-state index in [9.17, 15) is 8.78 Å². The minimum absolute atomic E-state index is 0.173. The molecule has 3 nitrogen and oxygen atoms in total. The molecule has 0 aliphatic rings. The highest BCUT2D eigenvalue weighted by atomic mass is 19.1. The lowest BCUT2D eigenvalue weighted by Gasteiger charge is -2.02. The van der Waals surface area contributed by atoms with Gasteiger partial charge in [0.05, 0.1) is 11.9 Å². The van der Waals surface area contributed by atoms with Gasteiger partial charge in [-0.25, -0.2) is 8.78 Å². The second kappa shape index (κ2) is 3.92. The average Bonchev–Trinajstić information content (AvgIpc) is 2.71. The van der Waals surface area contributed by atoms with Gasteiger partial charge >= 0.3 is 0 Å². The van der Waals surface area contributed by atoms with Gasteiger partial charge in [-0.05, 0) is 13.0 Å². The fraction of sp³-hybridized carbons (Fsp3) is 0.182. The molecule has 0 aliphatic carbocycles. The Bertz CT molecular complexity index is 520. The number of nitrogens with zero attached hydrogens (tertiary/aromatic N) is 2. The van der Waals surface area contributed by atoms with E-state index in [2.05, 4.69) is 5.10 Å². The molecule has 84 valence electrons. The molecule has 0 radical (unpaired) electrons. The lowest BCUT2D eigenvalue weighted by Crippen LogP contribution is -1.94. The van der Waals surface area contributed by atoms with Crippen molar-refractivity contribution in [3.63, 3.8) is 0 Å². The van der Waals surface area contributed by atoms with Crippen LogP contribution in [0.15, 0.2) is 24.5 Å². The van der Waals surface area contributed by atoms with E-state index in [0.29, 0.717) is 12.1 Å². The van der Waals surface area contributed by atoms with E-state index in [1.165, 1.54) is 6.20 Å². The number of nitrogens with two attached hydrogens (primary N) is 1. The third-order valence-electron chi connectivity index (χ3n) is 2.35. The highest BCUT2D eigenvalue weighted by Crippen LogP contribution is 2.26. The van der Waals surface area contributed by atoms with E-state index in [4.69, 9.17) is 5.73 Å². The number of nitrogen functional groups attached to an aromatic ring is 1. The van der Waals surface area contributed by atoms with Crippen molar-refractivity contribution in [3.8, 4) is 11.1 Å². The molecule has 0 saturated heterocycles. The second-order valence-corrected chi connectivity index (χ2v) is 3.44. The molecule has 0 spiro atoms. The van der Waals surface area contributed by atoms with Crippen LogP contribution in [0.1, 0.15) is 6.92 Å². The zero-order valence-corrected chi connectivity index (χ0v) is 8.74. The molecule has 2 aromatic rings. The van der Waals surface area contributed by atoms with Crippen molar-refractivity contribution in [2.75, 3.05) is 5.73 Å². The lowest BCUT2D eigenvalue weighted by molar-refractivity contribution is 0.607. The first-order valence-electron chi connectivity index (χ1n) is 4.89. The number of aryl methyl sites for hydroxylation is 1. The molecule has 2 rings (SSSR count). The Morgan fingerprint density at radius 2 is 2.06 bits per heavy atom. The molecule has 0 atom stereocenters. The van der Waals surface area contributed by atoms with Crippen LogP contribution in [-0.2, 0) is 6.54 Å². The third-order valence-corrected chi connectivity index (χ3v) is 2.35. The standard InChI is InChI=1S/C11H11F2N3/c1-2-16-6-7(5-15-16)8-3-10(13)11(14)4-9(8)12/h3-6H,2,14H2,1H3. The van der Waals surface area contributed by atoms with Crippen LogP contribution in [0.5, 0.6) is 0 Å². The Labute approximate surface area is 91.5 Å². The van der Waals surface area contributed by atoms with Gasteiger partial charge in [-0.2, -0.15) is 5.10 Å². The van der Waals surface area contributed by atoms with Gasteiger partial charge in [0.2, 0.25) is 0 Å². The summed E-state index contributed by atoms with van der Waals surface area (Å²) in [5.74, 6) is -1.17. The van der Waals surface area contributed by atoms with E-state index < -0.39 is 11.6 Å². The van der Waals surface area contributed by atoms with Crippen LogP contribution in [0.2, 0.25) is 0 Å². The molecule has 1 aromatic heterocycles. The Balaban J connectivity index is 2.51. The Kier molecular flexibility index (Phi) is 2.60. The maximum atomic E-state index is 13.5. The zero-order valence-electron chi connectivity index (χ0n) is 8.74. The molecule has 0 bridgehead atoms. The number of anilines is 1. The SMILES string of the molecule is CCn1cc(-c2cc(F)c(N)cc2F)cn1. The topological polar surface area (TPSA) is 43.8 Å². The average molecular weight is 223 g/mol. The Morgan fingerprint density at radius 1 is 1.31 bits per heavy atom. The van der Waals surface area contributed by atoms with Crippen LogP contribution >= 0.6 is 0 Å². The van der Waals surface area contributed by atoms with Gasteiger partial charge in [0.25, 0.3) is 0 Å². The van der Waals surface area contributed by atoms with Crippen molar-refractivity contribution in [2.24, 2.45) is 0 Å². The van der Waals surface area contributed by atoms with Crippen molar-refractivity contribution >= 4 is 5.69 Å². The van der Waals surface area contributed by atoms with Gasteiger partial charge in [0.15, 0.2) is 0 Å². The van der Waals surface area contributed by atoms with Gasteiger partial charge in [-0.15, -0.1) is 0 Å². The molecule has 0 amide bonds. The van der Waals surface area contributed by atoms with Crippen molar-refractivity contribution in [3.05, 3.63) is 36.2 Å². The first-order valence-corrected chi connectivity index (χ1v) is 4.89. The van der Waals surface area contributed by atoms with Crippen molar-refractivity contribution in [1.29, 1.82) is 0 Å². The first kappa shape index (κ1) is 10.6. The summed E-state index contributed by atoms with van der Waals surface area (Å²) in [4.78, 5) is 0. The molecule has 0 saturated carbocycles. The summed E-state index contributed by atoms with van der Waals surface area (Å²) >= 11 is 0. The molecule has 0 unspecified atom stereocenters. The highest BCUT2D eigenvalue weighted by Gasteiger charge is 2.11. The van der Waals surface area contributed by atoms with Crippen LogP contribution in [0.25, 0.3) is 11.1 Å². The summed E-state index contributed by atoms with van der Waals surface area (Å²) in [6.45, 7) is 2.59. The molecule has 1 heterocycles. The second-order valence-electron chi connectivity index (χ2n) is 3.44. The van der Waals surface area contributed by atoms with E-state index in [-0.39, 0.29) is 11.3 Å². The molecule has 2 N–H and O–H groups in total. The van der Waals surface area contributed by atoms with Crippen molar-refractivity contribution in [1.82, 2.24) is 9.78 Å². The van der Waals surface area contributed by atoms with Crippen LogP contribution in [0, 0.1) is 11.6 Å². The van der Waals surface area contributed by atoms with Gasteiger partial charge < -0.3 is 5.73 Å². The molecule has 0 fully saturated rings. The number of benzene rings is 1. The maximum absolute atomic E-state index is 13.5. The highest BCUT2D eigenvalue weighted by molar-refractivity contribution is 5.65. The number of hydrogen-bond donors (Lipinski definition) is 1. The monoisotopic (exact) mass is 223 g/mol. The van der Waals surface area contributed by atoms with Gasteiger partial charge in [0, 0.05) is 29.9 Å². The van der Waals surface area contributed by atoms with Crippen LogP contribution in [0.4, 0.5) is 14.5 Å². The van der Waals surface area contributed by atoms with Crippen LogP contribution < -0.4 is 5.73 Å². The minimum Gasteiger partial charge on any atom is -0.396 e. The van der Waals surface area contributed by atoms with E-state index in [1.54, 1.807) is 10.9 Å². The molecule has 16 heavy (non-hydrogen) atoms. The van der Waals surface area contributed by atoms with E-state index in [0.717, 1.165) is 12.1 Å². The smallest absolute Gasteiger partial charge is 0.146 e. The number of rotatable bonds is 2. The zero-order chi connectivity index (χ0) is 11.7. The van der Waals surface area contributed by atoms with Gasteiger partial charge in [-0.1, -0.05) is 0 Å². The van der Waals surface area contributed by atoms with Gasteiger partial charge in [-0.3, -0.25) is 4.68 Å². The summed E-state index contributed by atoms with van der Waals surface area (Å²) in [5.41, 5.74) is 5.79. The molecule has 0 aliphatic heterocycles. The maximum Gasteiger partial charge on any atom is 0.146 e. The van der Waals surface area contributed by atoms with Crippen molar-refractivity contribution < 1.29 is 8.78 Å². The molecule has 1 aromatic carbocycles. The summed E-state index contributed by atoms with van der Waals surface area (Å²) in [7, 11) is 0. The predicted molar refractivity (Wildman–Crippen MR) is 57.7 cm³/mol. The van der Waals surface area contributed by atoms with Crippen LogP contribution in [0.3, 0.4) is 0 Å². The lowest BCUT2D eigenvalue weighted by atomic mass is 10.1. The van der Waals surface area contributed by atoms with Crippen molar-refractivity contribution in [2.45, 2.75) is 13.5 Å². The predicted octanol–water partition coefficient (Wildman–Crippen LogP) is 2.43. The van der Waals surface area contributed by atoms with E-state index >= 15 is 0 Å². The minimum atomic E-state index is -0.624. The van der Waals surface area contributed by atoms with Gasteiger partial charge in [0.1, 0.15) is 11.6 Å². The Morgan fingerprint density at radius 3 is 2.69 bits per heavy atom. The molecule has 5 heteroatoms. The van der Waals surface area contributed by atoms with Crippen LogP contribution in [-0.4, -0.2) is 9.78 Å². The summed E-state index contributed by atoms with van der Waals surface area (Å²) in [6, 6.07) is 2.07. The Hall–Kier alpha value is -1.91. The molecular formula is C11H11F2N3. The summed E-state index contributed by atoms with van der Waals surface area (Å²) < 4.78 is 28.4. The fourth-order valence-electron chi connectivity index (χ4n) is 1.46. The summed E-state index contributed by atoms with van der Waals surface area (Å²) in [6.07, 6.45) is 3.16. The molecular weight excluding hydrogens is 212 g/mol. The number of hydrogen-bond acceptors (Lipinski definition) is 2. The summed E-state index contributed by atoms with van der Waals surface area (Å²) in [5, 5.41) is 4.00. The quantitative estimate of drug-likeness (QED) is 0.794.